The van der Waals surface area contributed by atoms with Gasteiger partial charge < -0.3 is 14.8 Å². The zero-order chi connectivity index (χ0) is 12.2. The molecule has 0 radical (unpaired) electrons. The predicted octanol–water partition coefficient (Wildman–Crippen LogP) is 2.45. The third kappa shape index (κ3) is 10.4. The van der Waals surface area contributed by atoms with Crippen LogP contribution in [0.25, 0.3) is 0 Å². The second kappa shape index (κ2) is 11.4. The Labute approximate surface area is 101 Å². The van der Waals surface area contributed by atoms with Crippen LogP contribution in [0.3, 0.4) is 0 Å². The molecule has 0 saturated carbocycles. The van der Waals surface area contributed by atoms with Gasteiger partial charge in [-0.25, -0.2) is 0 Å². The Kier molecular flexibility index (Phi) is 11.3. The maximum absolute atomic E-state index is 5.73. The van der Waals surface area contributed by atoms with Crippen LogP contribution in [0.15, 0.2) is 0 Å². The van der Waals surface area contributed by atoms with Gasteiger partial charge in [0.25, 0.3) is 0 Å². The minimum Gasteiger partial charge on any atom is -0.379 e. The third-order valence-electron chi connectivity index (χ3n) is 2.29. The van der Waals surface area contributed by atoms with Gasteiger partial charge in [-0.2, -0.15) is 0 Å². The summed E-state index contributed by atoms with van der Waals surface area (Å²) in [5.74, 6) is 0.605. The lowest BCUT2D eigenvalue weighted by molar-refractivity contribution is -0.00140. The molecule has 1 unspecified atom stereocenters. The van der Waals surface area contributed by atoms with Crippen molar-refractivity contribution in [2.24, 2.45) is 5.92 Å². The molecule has 0 spiro atoms. The average Bonchev–Trinajstić information content (AvgIpc) is 2.26. The van der Waals surface area contributed by atoms with Crippen molar-refractivity contribution in [3.8, 4) is 0 Å². The largest absolute Gasteiger partial charge is 0.379 e. The van der Waals surface area contributed by atoms with Crippen LogP contribution < -0.4 is 5.32 Å². The fourth-order valence-electron chi connectivity index (χ4n) is 1.35. The minimum absolute atomic E-state index is 0.328. The molecule has 1 atom stereocenters. The molecule has 0 aliphatic carbocycles. The molecule has 0 amide bonds. The smallest absolute Gasteiger partial charge is 0.0704 e. The zero-order valence-corrected chi connectivity index (χ0v) is 11.4. The summed E-state index contributed by atoms with van der Waals surface area (Å²) in [6.45, 7) is 12.9. The molecule has 0 bridgehead atoms. The first kappa shape index (κ1) is 15.9. The van der Waals surface area contributed by atoms with Crippen molar-refractivity contribution in [1.29, 1.82) is 0 Å². The van der Waals surface area contributed by atoms with Crippen molar-refractivity contribution in [2.75, 3.05) is 32.9 Å². The topological polar surface area (TPSA) is 30.5 Å². The van der Waals surface area contributed by atoms with Gasteiger partial charge in [0.2, 0.25) is 0 Å². The number of ether oxygens (including phenoxy) is 2. The van der Waals surface area contributed by atoms with E-state index in [4.69, 9.17) is 9.47 Å². The molecule has 0 fully saturated rings. The lowest BCUT2D eigenvalue weighted by Crippen LogP contribution is -2.30. The molecule has 0 saturated heterocycles. The first-order chi connectivity index (χ1) is 7.70. The molecule has 16 heavy (non-hydrogen) atoms. The summed E-state index contributed by atoms with van der Waals surface area (Å²) >= 11 is 0. The van der Waals surface area contributed by atoms with E-state index in [0.717, 1.165) is 26.1 Å². The van der Waals surface area contributed by atoms with Crippen LogP contribution in [0, 0.1) is 5.92 Å². The number of nitrogens with one attached hydrogen (secondary N) is 1. The zero-order valence-electron chi connectivity index (χ0n) is 11.4. The molecule has 0 aromatic carbocycles. The highest BCUT2D eigenvalue weighted by Crippen LogP contribution is 1.97. The quantitative estimate of drug-likeness (QED) is 0.554. The van der Waals surface area contributed by atoms with E-state index in [2.05, 4.69) is 33.0 Å². The van der Waals surface area contributed by atoms with E-state index in [1.165, 1.54) is 6.42 Å². The summed E-state index contributed by atoms with van der Waals surface area (Å²) in [6.07, 6.45) is 2.56. The van der Waals surface area contributed by atoms with Gasteiger partial charge in [0.05, 0.1) is 19.3 Å². The standard InChI is InChI=1S/C13H29NO2/c1-5-7-14-10-13(6-2)16-9-8-15-11-12(3)4/h12-14H,5-11H2,1-4H3. The van der Waals surface area contributed by atoms with E-state index >= 15 is 0 Å². The first-order valence-corrected chi connectivity index (χ1v) is 6.60. The Morgan fingerprint density at radius 1 is 1.12 bits per heavy atom. The summed E-state index contributed by atoms with van der Waals surface area (Å²) in [5.41, 5.74) is 0. The molecule has 0 aliphatic heterocycles. The highest BCUT2D eigenvalue weighted by atomic mass is 16.5. The third-order valence-corrected chi connectivity index (χ3v) is 2.29. The van der Waals surface area contributed by atoms with Gasteiger partial charge in [0.15, 0.2) is 0 Å². The summed E-state index contributed by atoms with van der Waals surface area (Å²) in [6, 6.07) is 0. The van der Waals surface area contributed by atoms with E-state index in [1.54, 1.807) is 0 Å². The molecule has 0 heterocycles. The van der Waals surface area contributed by atoms with Gasteiger partial charge in [-0.1, -0.05) is 27.7 Å². The summed E-state index contributed by atoms with van der Waals surface area (Å²) in [4.78, 5) is 0. The Morgan fingerprint density at radius 3 is 2.44 bits per heavy atom. The van der Waals surface area contributed by atoms with Gasteiger partial charge in [0.1, 0.15) is 0 Å². The Bertz CT molecular complexity index is 140. The fraction of sp³-hybridized carbons (Fsp3) is 1.00. The van der Waals surface area contributed by atoms with Crippen LogP contribution in [0.2, 0.25) is 0 Å². The Hall–Kier alpha value is -0.120. The second-order valence-electron chi connectivity index (χ2n) is 4.57. The van der Waals surface area contributed by atoms with Gasteiger partial charge >= 0.3 is 0 Å². The van der Waals surface area contributed by atoms with E-state index < -0.39 is 0 Å². The number of hydrogen-bond acceptors (Lipinski definition) is 3. The van der Waals surface area contributed by atoms with E-state index in [-0.39, 0.29) is 0 Å². The van der Waals surface area contributed by atoms with Crippen molar-refractivity contribution >= 4 is 0 Å². The summed E-state index contributed by atoms with van der Waals surface area (Å²) < 4.78 is 11.2. The fourth-order valence-corrected chi connectivity index (χ4v) is 1.35. The minimum atomic E-state index is 0.328. The molecule has 0 aromatic heterocycles. The van der Waals surface area contributed by atoms with Crippen molar-refractivity contribution < 1.29 is 9.47 Å². The molecular weight excluding hydrogens is 202 g/mol. The highest BCUT2D eigenvalue weighted by Gasteiger charge is 2.05. The van der Waals surface area contributed by atoms with Gasteiger partial charge in [-0.3, -0.25) is 0 Å². The van der Waals surface area contributed by atoms with Crippen LogP contribution in [0.1, 0.15) is 40.5 Å². The predicted molar refractivity (Wildman–Crippen MR) is 68.8 cm³/mol. The van der Waals surface area contributed by atoms with Gasteiger partial charge in [0, 0.05) is 13.2 Å². The SMILES string of the molecule is CCCNCC(CC)OCCOCC(C)C. The maximum atomic E-state index is 5.73. The molecule has 1 N–H and O–H groups in total. The maximum Gasteiger partial charge on any atom is 0.0704 e. The highest BCUT2D eigenvalue weighted by molar-refractivity contribution is 4.59. The van der Waals surface area contributed by atoms with Crippen LogP contribution in [-0.2, 0) is 9.47 Å². The van der Waals surface area contributed by atoms with Crippen molar-refractivity contribution in [3.05, 3.63) is 0 Å². The van der Waals surface area contributed by atoms with Crippen LogP contribution in [0.4, 0.5) is 0 Å². The van der Waals surface area contributed by atoms with Gasteiger partial charge in [-0.15, -0.1) is 0 Å². The normalized spacial score (nSPS) is 13.3. The molecule has 3 nitrogen and oxygen atoms in total. The van der Waals surface area contributed by atoms with E-state index in [1.807, 2.05) is 0 Å². The van der Waals surface area contributed by atoms with Crippen molar-refractivity contribution in [2.45, 2.75) is 46.6 Å². The average molecular weight is 231 g/mol. The van der Waals surface area contributed by atoms with Crippen molar-refractivity contribution in [3.63, 3.8) is 0 Å². The van der Waals surface area contributed by atoms with Crippen molar-refractivity contribution in [1.82, 2.24) is 5.32 Å². The molecule has 3 heteroatoms. The lowest BCUT2D eigenvalue weighted by atomic mass is 10.2. The molecular formula is C13H29NO2. The van der Waals surface area contributed by atoms with Crippen LogP contribution in [0.5, 0.6) is 0 Å². The van der Waals surface area contributed by atoms with E-state index in [9.17, 15) is 0 Å². The molecule has 0 rings (SSSR count). The number of hydrogen-bond donors (Lipinski definition) is 1. The van der Waals surface area contributed by atoms with Gasteiger partial charge in [-0.05, 0) is 25.3 Å². The lowest BCUT2D eigenvalue weighted by Gasteiger charge is -2.17. The van der Waals surface area contributed by atoms with Crippen LogP contribution >= 0.6 is 0 Å². The van der Waals surface area contributed by atoms with E-state index in [0.29, 0.717) is 25.2 Å². The Balaban J connectivity index is 3.33. The van der Waals surface area contributed by atoms with Crippen LogP contribution in [-0.4, -0.2) is 39.0 Å². The second-order valence-corrected chi connectivity index (χ2v) is 4.57. The monoisotopic (exact) mass is 231 g/mol. The number of rotatable bonds is 11. The molecule has 0 aliphatic rings. The molecule has 98 valence electrons. The summed E-state index contributed by atoms with van der Waals surface area (Å²) in [7, 11) is 0. The molecule has 0 aromatic rings. The first-order valence-electron chi connectivity index (χ1n) is 6.60. The summed E-state index contributed by atoms with van der Waals surface area (Å²) in [5, 5.41) is 3.38. The Morgan fingerprint density at radius 2 is 1.88 bits per heavy atom.